The minimum atomic E-state index is 0. The van der Waals surface area contributed by atoms with Crippen LogP contribution in [0, 0.1) is 34.6 Å². The van der Waals surface area contributed by atoms with Crippen LogP contribution in [0.2, 0.25) is 0 Å². The van der Waals surface area contributed by atoms with Gasteiger partial charge < -0.3 is 4.90 Å². The van der Waals surface area contributed by atoms with Crippen LogP contribution >= 0.6 is 12.4 Å². The highest BCUT2D eigenvalue weighted by Crippen LogP contribution is 2.40. The quantitative estimate of drug-likeness (QED) is 0.501. The summed E-state index contributed by atoms with van der Waals surface area (Å²) in [4.78, 5) is 7.76. The van der Waals surface area contributed by atoms with Gasteiger partial charge in [-0.25, -0.2) is 4.98 Å². The zero-order valence-corrected chi connectivity index (χ0v) is 19.7. The lowest BCUT2D eigenvalue weighted by atomic mass is 9.94. The van der Waals surface area contributed by atoms with Crippen molar-refractivity contribution in [1.29, 1.82) is 0 Å². The highest BCUT2D eigenvalue weighted by atomic mass is 35.5. The molecule has 0 bridgehead atoms. The molecule has 3 aromatic rings. The first-order chi connectivity index (χ1) is 14.0. The minimum absolute atomic E-state index is 0. The summed E-state index contributed by atoms with van der Waals surface area (Å²) < 4.78 is 2.17. The van der Waals surface area contributed by atoms with Crippen molar-refractivity contribution in [2.24, 2.45) is 0 Å². The molecule has 0 radical (unpaired) electrons. The highest BCUT2D eigenvalue weighted by Gasteiger charge is 2.33. The van der Waals surface area contributed by atoms with Crippen LogP contribution in [0.25, 0.3) is 16.8 Å². The second-order valence-electron chi connectivity index (χ2n) is 9.20. The molecular formula is C25H33ClN4. The molecule has 2 aromatic heterocycles. The van der Waals surface area contributed by atoms with E-state index in [0.29, 0.717) is 6.04 Å². The van der Waals surface area contributed by atoms with Gasteiger partial charge in [0.05, 0.1) is 11.3 Å². The molecule has 1 aliphatic carbocycles. The molecule has 3 heterocycles. The molecule has 2 aliphatic rings. The monoisotopic (exact) mass is 424 g/mol. The molecule has 0 N–H and O–H groups in total. The third kappa shape index (κ3) is 3.20. The molecule has 1 aliphatic heterocycles. The van der Waals surface area contributed by atoms with Crippen LogP contribution in [0.5, 0.6) is 0 Å². The normalized spacial score (nSPS) is 16.8. The van der Waals surface area contributed by atoms with Gasteiger partial charge in [-0.15, -0.1) is 12.4 Å². The summed E-state index contributed by atoms with van der Waals surface area (Å²) >= 11 is 0. The number of hydrogen-bond donors (Lipinski definition) is 0. The van der Waals surface area contributed by atoms with Gasteiger partial charge >= 0.3 is 0 Å². The summed E-state index contributed by atoms with van der Waals surface area (Å²) in [5, 5.41) is 5.06. The number of nitrogens with zero attached hydrogens (tertiary/aromatic N) is 4. The second kappa shape index (κ2) is 7.88. The number of rotatable bonds is 2. The molecule has 1 fully saturated rings. The number of fused-ring (bicyclic) bond motifs is 3. The predicted molar refractivity (Wildman–Crippen MR) is 127 cm³/mol. The molecule has 0 spiro atoms. The fraction of sp³-hybridized carbons (Fsp3) is 0.520. The highest BCUT2D eigenvalue weighted by molar-refractivity contribution is 5.86. The summed E-state index contributed by atoms with van der Waals surface area (Å²) in [5.74, 6) is 1.32. The van der Waals surface area contributed by atoms with Gasteiger partial charge in [-0.2, -0.15) is 9.61 Å². The van der Waals surface area contributed by atoms with Crippen LogP contribution in [0.3, 0.4) is 0 Å². The average Bonchev–Trinajstić information content (AvgIpc) is 3.25. The van der Waals surface area contributed by atoms with Crippen LogP contribution in [-0.4, -0.2) is 27.2 Å². The number of halogens is 1. The predicted octanol–water partition coefficient (Wildman–Crippen LogP) is 6.06. The van der Waals surface area contributed by atoms with Gasteiger partial charge in [0.15, 0.2) is 5.65 Å². The number of anilines is 1. The van der Waals surface area contributed by atoms with Gasteiger partial charge in [0.25, 0.3) is 0 Å². The Labute approximate surface area is 186 Å². The molecule has 0 unspecified atom stereocenters. The Morgan fingerprint density at radius 1 is 0.867 bits per heavy atom. The Hall–Kier alpha value is -2.07. The summed E-state index contributed by atoms with van der Waals surface area (Å²) in [6, 6.07) is 5.21. The van der Waals surface area contributed by atoms with Crippen molar-refractivity contribution in [3.05, 3.63) is 45.8 Å². The Kier molecular flexibility index (Phi) is 5.56. The third-order valence-electron chi connectivity index (χ3n) is 7.03. The van der Waals surface area contributed by atoms with Crippen LogP contribution in [0.4, 0.5) is 5.82 Å². The average molecular weight is 425 g/mol. The molecule has 5 rings (SSSR count). The van der Waals surface area contributed by atoms with Crippen molar-refractivity contribution in [3.8, 4) is 11.1 Å². The zero-order chi connectivity index (χ0) is 20.3. The van der Waals surface area contributed by atoms with E-state index in [1.807, 2.05) is 0 Å². The van der Waals surface area contributed by atoms with E-state index in [2.05, 4.69) is 56.2 Å². The van der Waals surface area contributed by atoms with Gasteiger partial charge in [-0.05, 0) is 70.6 Å². The topological polar surface area (TPSA) is 33.4 Å². The molecule has 1 aromatic carbocycles. The number of benzene rings is 1. The maximum Gasteiger partial charge on any atom is 0.165 e. The maximum absolute atomic E-state index is 5.10. The van der Waals surface area contributed by atoms with Crippen molar-refractivity contribution in [2.75, 3.05) is 11.4 Å². The number of hydrogen-bond acceptors (Lipinski definition) is 3. The van der Waals surface area contributed by atoms with Crippen LogP contribution < -0.4 is 4.90 Å². The van der Waals surface area contributed by atoms with Crippen molar-refractivity contribution in [1.82, 2.24) is 14.6 Å². The molecule has 0 atom stereocenters. The van der Waals surface area contributed by atoms with Gasteiger partial charge in [0, 0.05) is 23.8 Å². The first-order valence-electron chi connectivity index (χ1n) is 11.2. The maximum atomic E-state index is 5.10. The first-order valence-corrected chi connectivity index (χ1v) is 11.2. The Morgan fingerprint density at radius 2 is 1.53 bits per heavy atom. The first kappa shape index (κ1) is 21.2. The fourth-order valence-electron chi connectivity index (χ4n) is 5.82. The molecular weight excluding hydrogens is 392 g/mol. The SMILES string of the molecule is Cc1cc(C)c(-c2c(C)nn3c4c(c(C)nc23)CCN4C2CCCCC2)c(C)c1.Cl. The summed E-state index contributed by atoms with van der Waals surface area (Å²) in [6.07, 6.45) is 7.82. The van der Waals surface area contributed by atoms with Gasteiger partial charge in [0.2, 0.25) is 0 Å². The molecule has 0 amide bonds. The van der Waals surface area contributed by atoms with E-state index in [0.717, 1.165) is 24.3 Å². The van der Waals surface area contributed by atoms with E-state index in [4.69, 9.17) is 10.1 Å². The van der Waals surface area contributed by atoms with Crippen molar-refractivity contribution in [3.63, 3.8) is 0 Å². The fourth-order valence-corrected chi connectivity index (χ4v) is 5.82. The van der Waals surface area contributed by atoms with Crippen molar-refractivity contribution in [2.45, 2.75) is 79.2 Å². The molecule has 160 valence electrons. The van der Waals surface area contributed by atoms with Gasteiger partial charge in [0.1, 0.15) is 5.82 Å². The van der Waals surface area contributed by atoms with E-state index in [-0.39, 0.29) is 12.4 Å². The molecule has 1 saturated carbocycles. The Bertz CT molecular complexity index is 1090. The molecule has 4 nitrogen and oxygen atoms in total. The van der Waals surface area contributed by atoms with E-state index in [1.54, 1.807) is 0 Å². The number of aryl methyl sites for hydroxylation is 5. The van der Waals surface area contributed by atoms with E-state index in [1.165, 1.54) is 77.0 Å². The van der Waals surface area contributed by atoms with Crippen LogP contribution in [-0.2, 0) is 6.42 Å². The molecule has 30 heavy (non-hydrogen) atoms. The van der Waals surface area contributed by atoms with E-state index >= 15 is 0 Å². The van der Waals surface area contributed by atoms with Gasteiger partial charge in [-0.1, -0.05) is 37.0 Å². The summed E-state index contributed by atoms with van der Waals surface area (Å²) in [7, 11) is 0. The minimum Gasteiger partial charge on any atom is -0.353 e. The lowest BCUT2D eigenvalue weighted by molar-refractivity contribution is 0.417. The van der Waals surface area contributed by atoms with Crippen molar-refractivity contribution >= 4 is 23.9 Å². The summed E-state index contributed by atoms with van der Waals surface area (Å²) in [6.45, 7) is 12.0. The van der Waals surface area contributed by atoms with Gasteiger partial charge in [-0.3, -0.25) is 0 Å². The third-order valence-corrected chi connectivity index (χ3v) is 7.03. The smallest absolute Gasteiger partial charge is 0.165 e. The summed E-state index contributed by atoms with van der Waals surface area (Å²) in [5.41, 5.74) is 11.1. The Morgan fingerprint density at radius 3 is 2.20 bits per heavy atom. The molecule has 0 saturated heterocycles. The zero-order valence-electron chi connectivity index (χ0n) is 18.9. The Balaban J connectivity index is 0.00000218. The van der Waals surface area contributed by atoms with Crippen molar-refractivity contribution < 1.29 is 0 Å². The molecule has 5 heteroatoms. The van der Waals surface area contributed by atoms with Crippen LogP contribution in [0.15, 0.2) is 12.1 Å². The largest absolute Gasteiger partial charge is 0.353 e. The van der Waals surface area contributed by atoms with E-state index < -0.39 is 0 Å². The van der Waals surface area contributed by atoms with Crippen LogP contribution in [0.1, 0.15) is 65.7 Å². The van der Waals surface area contributed by atoms with E-state index in [9.17, 15) is 0 Å². The standard InChI is InChI=1S/C25H32N4.ClH/c1-15-13-16(2)22(17(3)14-15)23-19(5)27-29-24(23)26-18(4)21-11-12-28(25(21)29)20-9-7-6-8-10-20;/h13-14,20H,6-12H2,1-5H3;1H. The number of aromatic nitrogens is 3. The lowest BCUT2D eigenvalue weighted by Crippen LogP contribution is -2.36. The second-order valence-corrected chi connectivity index (χ2v) is 9.20. The lowest BCUT2D eigenvalue weighted by Gasteiger charge is -2.33.